The molecular formula is C22H26N4O3. The summed E-state index contributed by atoms with van der Waals surface area (Å²) in [6, 6.07) is 14.2. The van der Waals surface area contributed by atoms with Crippen LogP contribution in [0.4, 0.5) is 4.79 Å². The van der Waals surface area contributed by atoms with Crippen molar-refractivity contribution in [1.29, 1.82) is 0 Å². The number of nitrogens with zero attached hydrogens (tertiary/aromatic N) is 1. The highest BCUT2D eigenvalue weighted by Gasteiger charge is 2.24. The topological polar surface area (TPSA) is 105 Å². The molecule has 1 aliphatic rings. The predicted molar refractivity (Wildman–Crippen MR) is 110 cm³/mol. The molecular weight excluding hydrogens is 368 g/mol. The molecule has 0 saturated carbocycles. The number of hydrogen-bond acceptors (Lipinski definition) is 3. The number of carbonyl (C=O) groups excluding carboxylic acids is 3. The molecule has 4 amide bonds. The first-order chi connectivity index (χ1) is 13.9. The van der Waals surface area contributed by atoms with Crippen molar-refractivity contribution in [2.45, 2.75) is 32.4 Å². The highest BCUT2D eigenvalue weighted by molar-refractivity contribution is 5.94. The number of carbonyl (C=O) groups is 3. The summed E-state index contributed by atoms with van der Waals surface area (Å²) in [4.78, 5) is 37.6. The van der Waals surface area contributed by atoms with Gasteiger partial charge >= 0.3 is 6.03 Å². The van der Waals surface area contributed by atoms with Gasteiger partial charge in [0.05, 0.1) is 0 Å². The molecule has 1 saturated heterocycles. The van der Waals surface area contributed by atoms with Crippen LogP contribution in [-0.2, 0) is 6.54 Å². The fourth-order valence-electron chi connectivity index (χ4n) is 3.31. The second-order valence-corrected chi connectivity index (χ2v) is 7.32. The third kappa shape index (κ3) is 5.57. The third-order valence-electron chi connectivity index (χ3n) is 5.11. The van der Waals surface area contributed by atoms with Crippen LogP contribution in [0, 0.1) is 6.92 Å². The van der Waals surface area contributed by atoms with Crippen LogP contribution in [0.2, 0.25) is 0 Å². The molecule has 3 rings (SSSR count). The summed E-state index contributed by atoms with van der Waals surface area (Å²) in [7, 11) is 0. The Balaban J connectivity index is 1.41. The molecule has 29 heavy (non-hydrogen) atoms. The molecule has 1 heterocycles. The highest BCUT2D eigenvalue weighted by atomic mass is 16.2. The van der Waals surface area contributed by atoms with E-state index in [1.807, 2.05) is 36.1 Å². The summed E-state index contributed by atoms with van der Waals surface area (Å²) in [6.07, 6.45) is 1.44. The average molecular weight is 394 g/mol. The Bertz CT molecular complexity index is 870. The quantitative estimate of drug-likeness (QED) is 0.724. The Labute approximate surface area is 170 Å². The van der Waals surface area contributed by atoms with Crippen LogP contribution in [0.5, 0.6) is 0 Å². The fraction of sp³-hybridized carbons (Fsp3) is 0.318. The van der Waals surface area contributed by atoms with E-state index in [2.05, 4.69) is 10.6 Å². The number of amides is 4. The first kappa shape index (κ1) is 20.4. The molecule has 0 bridgehead atoms. The van der Waals surface area contributed by atoms with Crippen molar-refractivity contribution in [2.75, 3.05) is 13.1 Å². The third-order valence-corrected chi connectivity index (χ3v) is 5.11. The van der Waals surface area contributed by atoms with Gasteiger partial charge in [-0.15, -0.1) is 0 Å². The van der Waals surface area contributed by atoms with E-state index in [0.717, 1.165) is 24.0 Å². The Kier molecular flexibility index (Phi) is 6.49. The van der Waals surface area contributed by atoms with Gasteiger partial charge in [0.1, 0.15) is 0 Å². The lowest BCUT2D eigenvalue weighted by Crippen LogP contribution is -2.49. The van der Waals surface area contributed by atoms with Gasteiger partial charge in [0.2, 0.25) is 5.91 Å². The van der Waals surface area contributed by atoms with Gasteiger partial charge in [-0.1, -0.05) is 29.8 Å². The summed E-state index contributed by atoms with van der Waals surface area (Å²) in [5, 5.41) is 5.78. The van der Waals surface area contributed by atoms with E-state index in [4.69, 9.17) is 5.73 Å². The molecule has 0 atom stereocenters. The van der Waals surface area contributed by atoms with Crippen molar-refractivity contribution < 1.29 is 14.4 Å². The van der Waals surface area contributed by atoms with Gasteiger partial charge in [-0.3, -0.25) is 9.59 Å². The molecule has 1 aliphatic heterocycles. The number of nitrogens with two attached hydrogens (primary N) is 1. The van der Waals surface area contributed by atoms with E-state index in [0.29, 0.717) is 30.8 Å². The van der Waals surface area contributed by atoms with Gasteiger partial charge in [-0.25, -0.2) is 4.79 Å². The summed E-state index contributed by atoms with van der Waals surface area (Å²) in [6.45, 7) is 3.58. The van der Waals surface area contributed by atoms with Crippen molar-refractivity contribution >= 4 is 17.8 Å². The van der Waals surface area contributed by atoms with E-state index >= 15 is 0 Å². The van der Waals surface area contributed by atoms with Crippen LogP contribution in [0.15, 0.2) is 48.5 Å². The van der Waals surface area contributed by atoms with Crippen molar-refractivity contribution in [3.8, 4) is 0 Å². The lowest BCUT2D eigenvalue weighted by molar-refractivity contribution is 0.0708. The van der Waals surface area contributed by atoms with Crippen molar-refractivity contribution in [1.82, 2.24) is 15.5 Å². The Morgan fingerprint density at radius 1 is 0.966 bits per heavy atom. The van der Waals surface area contributed by atoms with Gasteiger partial charge < -0.3 is 21.3 Å². The molecule has 0 unspecified atom stereocenters. The molecule has 7 nitrogen and oxygen atoms in total. The van der Waals surface area contributed by atoms with E-state index in [9.17, 15) is 14.4 Å². The maximum atomic E-state index is 12.6. The van der Waals surface area contributed by atoms with Gasteiger partial charge in [0.25, 0.3) is 5.91 Å². The lowest BCUT2D eigenvalue weighted by Gasteiger charge is -2.32. The number of nitrogens with one attached hydrogen (secondary N) is 2. The van der Waals surface area contributed by atoms with Crippen molar-refractivity contribution in [3.63, 3.8) is 0 Å². The number of benzene rings is 2. The maximum Gasteiger partial charge on any atom is 0.315 e. The number of hydrogen-bond donors (Lipinski definition) is 3. The zero-order chi connectivity index (χ0) is 20.8. The molecule has 0 radical (unpaired) electrons. The van der Waals surface area contributed by atoms with E-state index in [1.54, 1.807) is 24.3 Å². The number of piperidine rings is 1. The molecule has 0 aromatic heterocycles. The molecule has 152 valence electrons. The summed E-state index contributed by atoms with van der Waals surface area (Å²) < 4.78 is 0. The minimum absolute atomic E-state index is 0.0345. The minimum Gasteiger partial charge on any atom is -0.366 e. The molecule has 7 heteroatoms. The smallest absolute Gasteiger partial charge is 0.315 e. The average Bonchev–Trinajstić information content (AvgIpc) is 2.73. The van der Waals surface area contributed by atoms with Crippen LogP contribution >= 0.6 is 0 Å². The molecule has 1 fully saturated rings. The van der Waals surface area contributed by atoms with Crippen molar-refractivity contribution in [3.05, 3.63) is 70.8 Å². The lowest BCUT2D eigenvalue weighted by atomic mass is 10.0. The molecule has 2 aromatic carbocycles. The number of urea groups is 1. The monoisotopic (exact) mass is 394 g/mol. The summed E-state index contributed by atoms with van der Waals surface area (Å²) >= 11 is 0. The van der Waals surface area contributed by atoms with Crippen LogP contribution in [0.25, 0.3) is 0 Å². The van der Waals surface area contributed by atoms with Crippen LogP contribution in [-0.4, -0.2) is 41.9 Å². The SMILES string of the molecule is Cc1ccc(C(=O)N2CCC(NC(=O)NCc3ccc(C(N)=O)cc3)CC2)cc1. The number of aryl methyl sites for hydroxylation is 1. The zero-order valence-electron chi connectivity index (χ0n) is 16.5. The Hall–Kier alpha value is -3.35. The molecule has 2 aromatic rings. The fourth-order valence-corrected chi connectivity index (χ4v) is 3.31. The maximum absolute atomic E-state index is 12.6. The zero-order valence-corrected chi connectivity index (χ0v) is 16.5. The van der Waals surface area contributed by atoms with E-state index < -0.39 is 5.91 Å². The van der Waals surface area contributed by atoms with Gasteiger partial charge in [0.15, 0.2) is 0 Å². The van der Waals surface area contributed by atoms with Crippen LogP contribution in [0.1, 0.15) is 44.7 Å². The van der Waals surface area contributed by atoms with E-state index in [1.165, 1.54) is 0 Å². The molecule has 0 spiro atoms. The first-order valence-electron chi connectivity index (χ1n) is 9.71. The Morgan fingerprint density at radius 3 is 2.14 bits per heavy atom. The van der Waals surface area contributed by atoms with Crippen LogP contribution < -0.4 is 16.4 Å². The number of primary amides is 1. The van der Waals surface area contributed by atoms with Crippen molar-refractivity contribution in [2.24, 2.45) is 5.73 Å². The number of rotatable bonds is 5. The number of likely N-dealkylation sites (tertiary alicyclic amines) is 1. The first-order valence-corrected chi connectivity index (χ1v) is 9.71. The Morgan fingerprint density at radius 2 is 1.55 bits per heavy atom. The molecule has 0 aliphatic carbocycles. The minimum atomic E-state index is -0.477. The normalized spacial score (nSPS) is 14.3. The predicted octanol–water partition coefficient (Wildman–Crippen LogP) is 2.20. The van der Waals surface area contributed by atoms with Gasteiger partial charge in [0, 0.05) is 36.8 Å². The van der Waals surface area contributed by atoms with Gasteiger partial charge in [-0.2, -0.15) is 0 Å². The van der Waals surface area contributed by atoms with Gasteiger partial charge in [-0.05, 0) is 49.6 Å². The van der Waals surface area contributed by atoms with Crippen LogP contribution in [0.3, 0.4) is 0 Å². The standard InChI is InChI=1S/C22H26N4O3/c1-15-2-6-18(7-3-15)21(28)26-12-10-19(11-13-26)25-22(29)24-14-16-4-8-17(9-5-16)20(23)27/h2-9,19H,10-14H2,1H3,(H2,23,27)(H2,24,25,29). The second kappa shape index (κ2) is 9.23. The summed E-state index contributed by atoms with van der Waals surface area (Å²) in [5.41, 5.74) is 8.35. The largest absolute Gasteiger partial charge is 0.366 e. The molecule has 4 N–H and O–H groups in total. The summed E-state index contributed by atoms with van der Waals surface area (Å²) in [5.74, 6) is -0.443. The highest BCUT2D eigenvalue weighted by Crippen LogP contribution is 2.14. The second-order valence-electron chi connectivity index (χ2n) is 7.32. The van der Waals surface area contributed by atoms with E-state index in [-0.39, 0.29) is 18.0 Å².